The first kappa shape index (κ1) is 12.3. The van der Waals surface area contributed by atoms with Crippen LogP contribution in [-0.4, -0.2) is 18.6 Å². The van der Waals surface area contributed by atoms with Crippen LogP contribution < -0.4 is 16.6 Å². The number of hydrazine groups is 1. The first-order chi connectivity index (χ1) is 7.56. The Balaban J connectivity index is 2.85. The van der Waals surface area contributed by atoms with E-state index in [0.29, 0.717) is 17.9 Å². The van der Waals surface area contributed by atoms with Crippen LogP contribution in [0.5, 0.6) is 0 Å². The van der Waals surface area contributed by atoms with Crippen molar-refractivity contribution in [3.8, 4) is 0 Å². The number of esters is 1. The molecule has 4 N–H and O–H groups in total. The second kappa shape index (κ2) is 5.36. The van der Waals surface area contributed by atoms with Gasteiger partial charge in [-0.25, -0.2) is 9.59 Å². The highest BCUT2D eigenvalue weighted by atomic mass is 32.1. The number of rotatable bonds is 4. The van der Waals surface area contributed by atoms with Crippen molar-refractivity contribution in [2.75, 3.05) is 12.0 Å². The molecule has 2 amide bonds. The van der Waals surface area contributed by atoms with Gasteiger partial charge in [0.15, 0.2) is 0 Å². The molecule has 0 bridgehead atoms. The third kappa shape index (κ3) is 2.86. The first-order valence-corrected chi connectivity index (χ1v) is 5.50. The van der Waals surface area contributed by atoms with Crippen molar-refractivity contribution >= 4 is 29.0 Å². The van der Waals surface area contributed by atoms with Crippen molar-refractivity contribution < 1.29 is 14.3 Å². The van der Waals surface area contributed by atoms with Crippen LogP contribution in [0.25, 0.3) is 0 Å². The van der Waals surface area contributed by atoms with Crippen molar-refractivity contribution in [2.45, 2.75) is 13.8 Å². The van der Waals surface area contributed by atoms with Crippen LogP contribution in [0.3, 0.4) is 0 Å². The molecule has 1 aromatic rings. The fraction of sp³-hybridized carbons (Fsp3) is 0.333. The Morgan fingerprint density at radius 2 is 2.25 bits per heavy atom. The lowest BCUT2D eigenvalue weighted by molar-refractivity contribution is 0.0527. The standard InChI is InChI=1S/C9H13N3O3S/c1-3-15-8(13)7-5(2)16-4-6(7)11-12-9(10)14/h4,11H,3H2,1-2H3,(H3,10,12,14). The predicted molar refractivity (Wildman–Crippen MR) is 61.4 cm³/mol. The monoisotopic (exact) mass is 243 g/mol. The average Bonchev–Trinajstić information content (AvgIpc) is 2.57. The van der Waals surface area contributed by atoms with Crippen molar-refractivity contribution in [3.05, 3.63) is 15.8 Å². The van der Waals surface area contributed by atoms with Gasteiger partial charge in [0.1, 0.15) is 0 Å². The molecule has 0 unspecified atom stereocenters. The first-order valence-electron chi connectivity index (χ1n) is 4.63. The Morgan fingerprint density at radius 3 is 2.81 bits per heavy atom. The summed E-state index contributed by atoms with van der Waals surface area (Å²) in [5, 5.41) is 1.71. The maximum Gasteiger partial charge on any atom is 0.341 e. The van der Waals surface area contributed by atoms with Crippen LogP contribution in [0.4, 0.5) is 10.5 Å². The van der Waals surface area contributed by atoms with Gasteiger partial charge in [0.05, 0.1) is 17.9 Å². The summed E-state index contributed by atoms with van der Waals surface area (Å²) >= 11 is 1.38. The molecule has 0 atom stereocenters. The molecule has 1 heterocycles. The summed E-state index contributed by atoms with van der Waals surface area (Å²) in [5.41, 5.74) is 10.6. The molecular weight excluding hydrogens is 230 g/mol. The Labute approximate surface area is 96.7 Å². The molecule has 0 aliphatic rings. The fourth-order valence-electron chi connectivity index (χ4n) is 1.13. The van der Waals surface area contributed by atoms with Crippen LogP contribution in [0.1, 0.15) is 22.2 Å². The minimum Gasteiger partial charge on any atom is -0.462 e. The third-order valence-electron chi connectivity index (χ3n) is 1.77. The van der Waals surface area contributed by atoms with Gasteiger partial charge < -0.3 is 10.5 Å². The molecule has 0 radical (unpaired) electrons. The van der Waals surface area contributed by atoms with Crippen LogP contribution in [0.2, 0.25) is 0 Å². The number of urea groups is 1. The number of carbonyl (C=O) groups excluding carboxylic acids is 2. The summed E-state index contributed by atoms with van der Waals surface area (Å²) in [6.07, 6.45) is 0. The van der Waals surface area contributed by atoms with E-state index in [0.717, 1.165) is 4.88 Å². The largest absolute Gasteiger partial charge is 0.462 e. The van der Waals surface area contributed by atoms with Gasteiger partial charge in [0, 0.05) is 10.3 Å². The average molecular weight is 243 g/mol. The predicted octanol–water partition coefficient (Wildman–Crippen LogP) is 1.23. The lowest BCUT2D eigenvalue weighted by Gasteiger charge is -2.07. The molecule has 0 fully saturated rings. The number of carbonyl (C=O) groups is 2. The normalized spacial score (nSPS) is 9.62. The van der Waals surface area contributed by atoms with Gasteiger partial charge in [-0.05, 0) is 13.8 Å². The van der Waals surface area contributed by atoms with E-state index >= 15 is 0 Å². The van der Waals surface area contributed by atoms with E-state index < -0.39 is 12.0 Å². The van der Waals surface area contributed by atoms with Gasteiger partial charge in [-0.1, -0.05) is 0 Å². The minimum atomic E-state index is -0.723. The molecule has 0 aromatic carbocycles. The molecule has 6 nitrogen and oxygen atoms in total. The van der Waals surface area contributed by atoms with E-state index in [2.05, 4.69) is 10.9 Å². The topological polar surface area (TPSA) is 93.4 Å². The molecule has 1 aromatic heterocycles. The third-order valence-corrected chi connectivity index (χ3v) is 2.69. The summed E-state index contributed by atoms with van der Waals surface area (Å²) in [6, 6.07) is -0.723. The van der Waals surface area contributed by atoms with Gasteiger partial charge >= 0.3 is 12.0 Å². The molecule has 0 spiro atoms. The number of hydrogen-bond donors (Lipinski definition) is 3. The molecule has 0 saturated carbocycles. The quantitative estimate of drug-likeness (QED) is 0.547. The Morgan fingerprint density at radius 1 is 1.56 bits per heavy atom. The lowest BCUT2D eigenvalue weighted by atomic mass is 10.2. The maximum atomic E-state index is 11.6. The second-order valence-corrected chi connectivity index (χ2v) is 4.00. The molecule has 0 aliphatic heterocycles. The summed E-state index contributed by atoms with van der Waals surface area (Å²) in [6.45, 7) is 3.83. The number of thiophene rings is 1. The lowest BCUT2D eigenvalue weighted by Crippen LogP contribution is -2.34. The van der Waals surface area contributed by atoms with E-state index in [1.54, 1.807) is 19.2 Å². The Bertz CT molecular complexity index is 403. The number of amides is 2. The highest BCUT2D eigenvalue weighted by Crippen LogP contribution is 2.26. The van der Waals surface area contributed by atoms with Gasteiger partial charge in [0.25, 0.3) is 0 Å². The maximum absolute atomic E-state index is 11.6. The zero-order chi connectivity index (χ0) is 12.1. The Hall–Kier alpha value is -1.76. The van der Waals surface area contributed by atoms with Crippen molar-refractivity contribution in [1.82, 2.24) is 5.43 Å². The zero-order valence-corrected chi connectivity index (χ0v) is 9.81. The van der Waals surface area contributed by atoms with Gasteiger partial charge in [0.2, 0.25) is 0 Å². The SMILES string of the molecule is CCOC(=O)c1c(NNC(N)=O)csc1C. The van der Waals surface area contributed by atoms with E-state index in [4.69, 9.17) is 10.5 Å². The highest BCUT2D eigenvalue weighted by molar-refractivity contribution is 7.10. The van der Waals surface area contributed by atoms with Crippen molar-refractivity contribution in [1.29, 1.82) is 0 Å². The number of hydrogen-bond acceptors (Lipinski definition) is 5. The fourth-order valence-corrected chi connectivity index (χ4v) is 1.92. The molecule has 0 saturated heterocycles. The number of anilines is 1. The van der Waals surface area contributed by atoms with Gasteiger partial charge in [-0.3, -0.25) is 10.9 Å². The van der Waals surface area contributed by atoms with Crippen LogP contribution in [-0.2, 0) is 4.74 Å². The van der Waals surface area contributed by atoms with Crippen LogP contribution in [0, 0.1) is 6.92 Å². The summed E-state index contributed by atoms with van der Waals surface area (Å²) in [7, 11) is 0. The summed E-state index contributed by atoms with van der Waals surface area (Å²) in [5.74, 6) is -0.421. The van der Waals surface area contributed by atoms with Crippen molar-refractivity contribution in [3.63, 3.8) is 0 Å². The van der Waals surface area contributed by atoms with E-state index in [1.807, 2.05) is 0 Å². The smallest absolute Gasteiger partial charge is 0.341 e. The van der Waals surface area contributed by atoms with Crippen LogP contribution >= 0.6 is 11.3 Å². The highest BCUT2D eigenvalue weighted by Gasteiger charge is 2.17. The minimum absolute atomic E-state index is 0.302. The summed E-state index contributed by atoms with van der Waals surface area (Å²) < 4.78 is 4.90. The Kier molecular flexibility index (Phi) is 4.12. The van der Waals surface area contributed by atoms with Crippen LogP contribution in [0.15, 0.2) is 5.38 Å². The van der Waals surface area contributed by atoms with E-state index in [1.165, 1.54) is 11.3 Å². The molecule has 88 valence electrons. The second-order valence-electron chi connectivity index (χ2n) is 2.92. The number of aryl methyl sites for hydroxylation is 1. The number of nitrogens with two attached hydrogens (primary N) is 1. The molecule has 7 heteroatoms. The van der Waals surface area contributed by atoms with Crippen molar-refractivity contribution in [2.24, 2.45) is 5.73 Å². The summed E-state index contributed by atoms with van der Waals surface area (Å²) in [4.78, 5) is 22.9. The number of nitrogens with one attached hydrogen (secondary N) is 2. The van der Waals surface area contributed by atoms with E-state index in [9.17, 15) is 9.59 Å². The van der Waals surface area contributed by atoms with Gasteiger partial charge in [-0.2, -0.15) is 0 Å². The molecular formula is C9H13N3O3S. The zero-order valence-electron chi connectivity index (χ0n) is 8.99. The van der Waals surface area contributed by atoms with E-state index in [-0.39, 0.29) is 0 Å². The van der Waals surface area contributed by atoms with Gasteiger partial charge in [-0.15, -0.1) is 11.3 Å². The molecule has 16 heavy (non-hydrogen) atoms. The number of primary amides is 1. The number of ether oxygens (including phenoxy) is 1. The molecule has 1 rings (SSSR count). The molecule has 0 aliphatic carbocycles.